The maximum absolute atomic E-state index is 2.49. The van der Waals surface area contributed by atoms with Gasteiger partial charge in [0.25, 0.3) is 0 Å². The normalized spacial score (nSPS) is 18.6. The first-order valence-corrected chi connectivity index (χ1v) is 7.14. The van der Waals surface area contributed by atoms with Crippen molar-refractivity contribution in [1.82, 2.24) is 9.47 Å². The number of hydrogen-bond donors (Lipinski definition) is 0. The van der Waals surface area contributed by atoms with E-state index in [1.54, 1.807) is 0 Å². The molecule has 2 aromatic rings. The molecule has 0 saturated heterocycles. The average Bonchev–Trinajstić information content (AvgIpc) is 2.83. The molecule has 1 aliphatic rings. The topological polar surface area (TPSA) is 8.17 Å². The molecule has 19 heavy (non-hydrogen) atoms. The highest BCUT2D eigenvalue weighted by atomic mass is 15.1. The lowest BCUT2D eigenvalue weighted by molar-refractivity contribution is 0.209. The number of aromatic nitrogens is 1. The Balaban J connectivity index is 1.81. The molecule has 100 valence electrons. The Morgan fingerprint density at radius 2 is 2.05 bits per heavy atom. The summed E-state index contributed by atoms with van der Waals surface area (Å²) in [5, 5.41) is 0. The molecule has 0 saturated carbocycles. The Morgan fingerprint density at radius 1 is 1.21 bits per heavy atom. The molecule has 2 heteroatoms. The molecule has 0 spiro atoms. The van der Waals surface area contributed by atoms with Crippen molar-refractivity contribution in [3.63, 3.8) is 0 Å². The first-order chi connectivity index (χ1) is 9.25. The summed E-state index contributed by atoms with van der Waals surface area (Å²) in [6.45, 7) is 1.02. The second-order valence-corrected chi connectivity index (χ2v) is 5.63. The van der Waals surface area contributed by atoms with Crippen molar-refractivity contribution in [3.8, 4) is 0 Å². The molecule has 0 radical (unpaired) electrons. The number of nitrogens with zero attached hydrogens (tertiary/aromatic N) is 2. The summed E-state index contributed by atoms with van der Waals surface area (Å²) in [6, 6.07) is 13.8. The van der Waals surface area contributed by atoms with Crippen LogP contribution in [0.5, 0.6) is 0 Å². The smallest absolute Gasteiger partial charge is 0.0390 e. The maximum atomic E-state index is 2.49. The van der Waals surface area contributed by atoms with Crippen LogP contribution in [0.4, 0.5) is 0 Å². The Kier molecular flexibility index (Phi) is 3.43. The zero-order chi connectivity index (χ0) is 13.2. The van der Waals surface area contributed by atoms with Crippen molar-refractivity contribution in [2.45, 2.75) is 31.8 Å². The van der Waals surface area contributed by atoms with Gasteiger partial charge in [-0.25, -0.2) is 0 Å². The lowest BCUT2D eigenvalue weighted by Gasteiger charge is -2.33. The van der Waals surface area contributed by atoms with Crippen molar-refractivity contribution < 1.29 is 0 Å². The molecule has 1 aliphatic carbocycles. The third kappa shape index (κ3) is 2.45. The lowest BCUT2D eigenvalue weighted by Crippen LogP contribution is -2.28. The molecule has 3 rings (SSSR count). The first-order valence-electron chi connectivity index (χ1n) is 7.14. The Hall–Kier alpha value is -1.54. The van der Waals surface area contributed by atoms with E-state index in [1.165, 1.54) is 36.1 Å². The molecule has 0 aliphatic heterocycles. The summed E-state index contributed by atoms with van der Waals surface area (Å²) in [6.07, 6.45) is 5.94. The number of rotatable bonds is 3. The number of fused-ring (bicyclic) bond motifs is 1. The molecule has 1 heterocycles. The molecule has 2 nitrogen and oxygen atoms in total. The monoisotopic (exact) mass is 254 g/mol. The van der Waals surface area contributed by atoms with Crippen molar-refractivity contribution in [2.75, 3.05) is 7.05 Å². The van der Waals surface area contributed by atoms with E-state index in [0.29, 0.717) is 6.04 Å². The van der Waals surface area contributed by atoms with Crippen LogP contribution in [0.1, 0.15) is 35.7 Å². The average molecular weight is 254 g/mol. The minimum atomic E-state index is 0.569. The predicted octanol–water partition coefficient (Wildman–Crippen LogP) is 3.53. The molecule has 0 N–H and O–H groups in total. The summed E-state index contributed by atoms with van der Waals surface area (Å²) in [4.78, 5) is 2.49. The van der Waals surface area contributed by atoms with Crippen LogP contribution in [-0.4, -0.2) is 16.5 Å². The predicted molar refractivity (Wildman–Crippen MR) is 79.0 cm³/mol. The van der Waals surface area contributed by atoms with Crippen molar-refractivity contribution in [1.29, 1.82) is 0 Å². The second-order valence-electron chi connectivity index (χ2n) is 5.63. The molecule has 1 aromatic heterocycles. The van der Waals surface area contributed by atoms with E-state index in [9.17, 15) is 0 Å². The zero-order valence-electron chi connectivity index (χ0n) is 11.8. The quantitative estimate of drug-likeness (QED) is 0.813. The Labute approximate surface area is 115 Å². The minimum Gasteiger partial charge on any atom is -0.353 e. The van der Waals surface area contributed by atoms with E-state index in [0.717, 1.165) is 6.54 Å². The van der Waals surface area contributed by atoms with Crippen LogP contribution in [0.25, 0.3) is 0 Å². The van der Waals surface area contributed by atoms with E-state index in [4.69, 9.17) is 0 Å². The minimum absolute atomic E-state index is 0.569. The fraction of sp³-hybridized carbons (Fsp3) is 0.412. The van der Waals surface area contributed by atoms with E-state index >= 15 is 0 Å². The van der Waals surface area contributed by atoms with E-state index in [2.05, 4.69) is 66.2 Å². The van der Waals surface area contributed by atoms with Gasteiger partial charge in [-0.2, -0.15) is 0 Å². The number of aryl methyl sites for hydroxylation is 2. The summed E-state index contributed by atoms with van der Waals surface area (Å²) in [5.41, 5.74) is 4.45. The Morgan fingerprint density at radius 3 is 2.84 bits per heavy atom. The molecule has 0 bridgehead atoms. The number of benzene rings is 1. The summed E-state index contributed by atoms with van der Waals surface area (Å²) in [5.74, 6) is 0. The largest absolute Gasteiger partial charge is 0.353 e. The molecule has 1 aromatic carbocycles. The molecular formula is C17H22N2. The van der Waals surface area contributed by atoms with Crippen molar-refractivity contribution >= 4 is 0 Å². The van der Waals surface area contributed by atoms with Gasteiger partial charge in [0.05, 0.1) is 0 Å². The van der Waals surface area contributed by atoms with Gasteiger partial charge < -0.3 is 4.57 Å². The maximum Gasteiger partial charge on any atom is 0.0390 e. The van der Waals surface area contributed by atoms with E-state index in [-0.39, 0.29) is 0 Å². The highest BCUT2D eigenvalue weighted by Crippen LogP contribution is 2.34. The van der Waals surface area contributed by atoms with Crippen LogP contribution in [-0.2, 0) is 20.0 Å². The molecule has 0 fully saturated rings. The van der Waals surface area contributed by atoms with E-state index in [1.807, 2.05) is 0 Å². The van der Waals surface area contributed by atoms with Crippen LogP contribution in [0, 0.1) is 0 Å². The zero-order valence-corrected chi connectivity index (χ0v) is 11.8. The third-order valence-electron chi connectivity index (χ3n) is 4.33. The fourth-order valence-corrected chi connectivity index (χ4v) is 3.21. The van der Waals surface area contributed by atoms with Crippen LogP contribution < -0.4 is 0 Å². The number of hydrogen-bond acceptors (Lipinski definition) is 1. The van der Waals surface area contributed by atoms with Gasteiger partial charge in [0.1, 0.15) is 0 Å². The SMILES string of the molecule is CN(Cc1cccn1C)C1CCCc2ccccc21. The fourth-order valence-electron chi connectivity index (χ4n) is 3.21. The van der Waals surface area contributed by atoms with Crippen molar-refractivity contribution in [3.05, 3.63) is 59.4 Å². The van der Waals surface area contributed by atoms with Gasteiger partial charge in [0.15, 0.2) is 0 Å². The van der Waals surface area contributed by atoms with Gasteiger partial charge in [0, 0.05) is 31.5 Å². The van der Waals surface area contributed by atoms with Crippen LogP contribution in [0.15, 0.2) is 42.6 Å². The summed E-state index contributed by atoms with van der Waals surface area (Å²) in [7, 11) is 4.37. The molecule has 1 unspecified atom stereocenters. The summed E-state index contributed by atoms with van der Waals surface area (Å²) < 4.78 is 2.21. The van der Waals surface area contributed by atoms with Crippen molar-refractivity contribution in [2.24, 2.45) is 7.05 Å². The molecule has 1 atom stereocenters. The summed E-state index contributed by atoms with van der Waals surface area (Å²) >= 11 is 0. The van der Waals surface area contributed by atoms with Gasteiger partial charge >= 0.3 is 0 Å². The Bertz CT molecular complexity index is 556. The second kappa shape index (κ2) is 5.22. The van der Waals surface area contributed by atoms with Gasteiger partial charge in [-0.15, -0.1) is 0 Å². The first kappa shape index (κ1) is 12.5. The van der Waals surface area contributed by atoms with Gasteiger partial charge in [-0.05, 0) is 49.6 Å². The highest BCUT2D eigenvalue weighted by molar-refractivity contribution is 5.32. The van der Waals surface area contributed by atoms with Crippen LogP contribution >= 0.6 is 0 Å². The van der Waals surface area contributed by atoms with Gasteiger partial charge in [-0.3, -0.25) is 4.90 Å². The molecular weight excluding hydrogens is 232 g/mol. The lowest BCUT2D eigenvalue weighted by atomic mass is 9.87. The van der Waals surface area contributed by atoms with Crippen LogP contribution in [0.2, 0.25) is 0 Å². The van der Waals surface area contributed by atoms with Gasteiger partial charge in [0.2, 0.25) is 0 Å². The van der Waals surface area contributed by atoms with Gasteiger partial charge in [-0.1, -0.05) is 24.3 Å². The third-order valence-corrected chi connectivity index (χ3v) is 4.33. The van der Waals surface area contributed by atoms with E-state index < -0.39 is 0 Å². The molecule has 0 amide bonds. The highest BCUT2D eigenvalue weighted by Gasteiger charge is 2.23. The standard InChI is InChI=1S/C17H22N2/c1-18-12-6-9-15(18)13-19(2)17-11-5-8-14-7-3-4-10-16(14)17/h3-4,6-7,9-10,12,17H,5,8,11,13H2,1-2H3. The van der Waals surface area contributed by atoms with Crippen LogP contribution in [0.3, 0.4) is 0 Å².